The van der Waals surface area contributed by atoms with Crippen molar-refractivity contribution in [3.63, 3.8) is 0 Å². The van der Waals surface area contributed by atoms with Crippen LogP contribution < -0.4 is 0 Å². The van der Waals surface area contributed by atoms with Crippen LogP contribution in [0.15, 0.2) is 30.3 Å². The minimum absolute atomic E-state index is 0.0247. The van der Waals surface area contributed by atoms with Gasteiger partial charge < -0.3 is 4.74 Å². The monoisotopic (exact) mass is 409 g/mol. The molecule has 1 aromatic carbocycles. The number of hydrogen-bond acceptors (Lipinski definition) is 4. The number of esters is 1. The Bertz CT molecular complexity index is 840. The average molecular weight is 409 g/mol. The number of aromatic amines is 1. The van der Waals surface area contributed by atoms with Crippen molar-refractivity contribution in [1.29, 1.82) is 0 Å². The molecular formula is C21H26F3N3O2. The van der Waals surface area contributed by atoms with Gasteiger partial charge in [-0.1, -0.05) is 18.2 Å². The first kappa shape index (κ1) is 21.4. The molecule has 0 radical (unpaired) electrons. The highest BCUT2D eigenvalue weighted by Crippen LogP contribution is 2.40. The number of alkyl halides is 3. The molecule has 0 bridgehead atoms. The minimum atomic E-state index is -4.45. The Morgan fingerprint density at radius 1 is 1.28 bits per heavy atom. The second-order valence-corrected chi connectivity index (χ2v) is 7.65. The van der Waals surface area contributed by atoms with Gasteiger partial charge in [0.2, 0.25) is 0 Å². The Morgan fingerprint density at radius 2 is 1.97 bits per heavy atom. The summed E-state index contributed by atoms with van der Waals surface area (Å²) in [6.45, 7) is 5.68. The highest BCUT2D eigenvalue weighted by molar-refractivity contribution is 5.77. The first-order valence-electron chi connectivity index (χ1n) is 9.79. The molecular weight excluding hydrogens is 383 g/mol. The van der Waals surface area contributed by atoms with Crippen LogP contribution in [-0.2, 0) is 28.7 Å². The maximum Gasteiger partial charge on any atom is 0.416 e. The van der Waals surface area contributed by atoms with Crippen LogP contribution in [-0.4, -0.2) is 40.8 Å². The number of rotatable bonds is 6. The molecule has 1 aliphatic rings. The molecule has 0 spiro atoms. The SMILES string of the molecule is CCOC(=O)C1(Cc2ccccc2C(F)(F)F)CCN(Cc2cc(C)[nH]n2)CC1. The van der Waals surface area contributed by atoms with Gasteiger partial charge in [0, 0.05) is 12.2 Å². The van der Waals surface area contributed by atoms with Gasteiger partial charge in [-0.25, -0.2) is 0 Å². The zero-order valence-corrected chi connectivity index (χ0v) is 16.7. The highest BCUT2D eigenvalue weighted by atomic mass is 19.4. The average Bonchev–Trinajstić information content (AvgIpc) is 3.08. The second-order valence-electron chi connectivity index (χ2n) is 7.65. The van der Waals surface area contributed by atoms with Crippen molar-refractivity contribution in [2.24, 2.45) is 5.41 Å². The van der Waals surface area contributed by atoms with Gasteiger partial charge in [-0.3, -0.25) is 14.8 Å². The van der Waals surface area contributed by atoms with E-state index >= 15 is 0 Å². The summed E-state index contributed by atoms with van der Waals surface area (Å²) in [5.74, 6) is -0.410. The van der Waals surface area contributed by atoms with Gasteiger partial charge in [-0.15, -0.1) is 0 Å². The van der Waals surface area contributed by atoms with E-state index in [1.165, 1.54) is 12.1 Å². The van der Waals surface area contributed by atoms with Crippen LogP contribution in [0.4, 0.5) is 13.2 Å². The van der Waals surface area contributed by atoms with Gasteiger partial charge in [0.05, 0.1) is 23.3 Å². The Hall–Kier alpha value is -2.35. The Kier molecular flexibility index (Phi) is 6.31. The fourth-order valence-electron chi connectivity index (χ4n) is 3.98. The summed E-state index contributed by atoms with van der Waals surface area (Å²) in [4.78, 5) is 15.0. The lowest BCUT2D eigenvalue weighted by atomic mass is 9.73. The van der Waals surface area contributed by atoms with E-state index < -0.39 is 23.1 Å². The molecule has 2 aromatic rings. The number of likely N-dealkylation sites (tertiary alicyclic amines) is 1. The van der Waals surface area contributed by atoms with Crippen LogP contribution in [0.1, 0.15) is 42.3 Å². The summed E-state index contributed by atoms with van der Waals surface area (Å²) in [5, 5.41) is 7.14. The molecule has 0 unspecified atom stereocenters. The number of halogens is 3. The summed E-state index contributed by atoms with van der Waals surface area (Å²) in [5.41, 5.74) is 0.396. The number of nitrogens with zero attached hydrogens (tertiary/aromatic N) is 2. The number of benzene rings is 1. The molecule has 1 aromatic heterocycles. The first-order valence-corrected chi connectivity index (χ1v) is 9.79. The van der Waals surface area contributed by atoms with E-state index in [1.54, 1.807) is 13.0 Å². The number of nitrogens with one attached hydrogen (secondary N) is 1. The third-order valence-electron chi connectivity index (χ3n) is 5.52. The number of aryl methyl sites for hydroxylation is 1. The predicted octanol–water partition coefficient (Wildman–Crippen LogP) is 4.12. The summed E-state index contributed by atoms with van der Waals surface area (Å²) >= 11 is 0. The van der Waals surface area contributed by atoms with Crippen LogP contribution in [0, 0.1) is 12.3 Å². The number of H-pyrrole nitrogens is 1. The molecule has 29 heavy (non-hydrogen) atoms. The van der Waals surface area contributed by atoms with Crippen molar-refractivity contribution in [2.45, 2.75) is 45.8 Å². The zero-order valence-electron chi connectivity index (χ0n) is 16.7. The van der Waals surface area contributed by atoms with Crippen molar-refractivity contribution in [3.05, 3.63) is 52.8 Å². The molecule has 8 heteroatoms. The van der Waals surface area contributed by atoms with Crippen LogP contribution in [0.5, 0.6) is 0 Å². The number of carbonyl (C=O) groups excluding carboxylic acids is 1. The summed E-state index contributed by atoms with van der Waals surface area (Å²) in [6, 6.07) is 7.45. The van der Waals surface area contributed by atoms with Crippen LogP contribution >= 0.6 is 0 Å². The van der Waals surface area contributed by atoms with Crippen molar-refractivity contribution < 1.29 is 22.7 Å². The van der Waals surface area contributed by atoms with E-state index in [0.29, 0.717) is 32.5 Å². The smallest absolute Gasteiger partial charge is 0.416 e. The summed E-state index contributed by atoms with van der Waals surface area (Å²) < 4.78 is 45.6. The Labute approximate surface area is 168 Å². The number of aromatic nitrogens is 2. The third kappa shape index (κ3) is 4.98. The Balaban J connectivity index is 1.79. The van der Waals surface area contributed by atoms with Crippen LogP contribution in [0.2, 0.25) is 0 Å². The fourth-order valence-corrected chi connectivity index (χ4v) is 3.98. The van der Waals surface area contributed by atoms with Crippen molar-refractivity contribution in [3.8, 4) is 0 Å². The number of carbonyl (C=O) groups is 1. The summed E-state index contributed by atoms with van der Waals surface area (Å²) in [6.07, 6.45) is -3.54. The molecule has 3 rings (SSSR count). The van der Waals surface area contributed by atoms with E-state index in [1.807, 2.05) is 13.0 Å². The predicted molar refractivity (Wildman–Crippen MR) is 102 cm³/mol. The fraction of sp³-hybridized carbons (Fsp3) is 0.524. The number of ether oxygens (including phenoxy) is 1. The standard InChI is InChI=1S/C21H26F3N3O2/c1-3-29-19(28)20(13-16-6-4-5-7-18(16)21(22,23)24)8-10-27(11-9-20)14-17-12-15(2)25-26-17/h4-7,12H,3,8-11,13-14H2,1-2H3,(H,25,26). The lowest BCUT2D eigenvalue weighted by Gasteiger charge is -2.40. The van der Waals surface area contributed by atoms with Gasteiger partial charge in [0.25, 0.3) is 0 Å². The van der Waals surface area contributed by atoms with Crippen molar-refractivity contribution in [1.82, 2.24) is 15.1 Å². The second kappa shape index (κ2) is 8.57. The zero-order chi connectivity index (χ0) is 21.1. The maximum absolute atomic E-state index is 13.4. The lowest BCUT2D eigenvalue weighted by Crippen LogP contribution is -2.46. The van der Waals surface area contributed by atoms with Gasteiger partial charge in [-0.2, -0.15) is 18.3 Å². The van der Waals surface area contributed by atoms with E-state index in [2.05, 4.69) is 15.1 Å². The third-order valence-corrected chi connectivity index (χ3v) is 5.52. The first-order chi connectivity index (χ1) is 13.7. The van der Waals surface area contributed by atoms with Gasteiger partial charge in [0.1, 0.15) is 0 Å². The topological polar surface area (TPSA) is 58.2 Å². The summed E-state index contributed by atoms with van der Waals surface area (Å²) in [7, 11) is 0. The van der Waals surface area contributed by atoms with Crippen LogP contribution in [0.25, 0.3) is 0 Å². The number of hydrogen-bond donors (Lipinski definition) is 1. The van der Waals surface area contributed by atoms with Gasteiger partial charge in [-0.05, 0) is 63.9 Å². The molecule has 1 fully saturated rings. The Morgan fingerprint density at radius 3 is 2.55 bits per heavy atom. The van der Waals surface area contributed by atoms with Crippen molar-refractivity contribution in [2.75, 3.05) is 19.7 Å². The molecule has 0 aliphatic carbocycles. The molecule has 0 amide bonds. The minimum Gasteiger partial charge on any atom is -0.466 e. The van der Waals surface area contributed by atoms with Crippen molar-refractivity contribution >= 4 is 5.97 Å². The van der Waals surface area contributed by atoms with E-state index in [-0.39, 0.29) is 18.6 Å². The quantitative estimate of drug-likeness (QED) is 0.729. The maximum atomic E-state index is 13.4. The normalized spacial score (nSPS) is 17.3. The number of piperidine rings is 1. The molecule has 1 saturated heterocycles. The van der Waals surface area contributed by atoms with E-state index in [4.69, 9.17) is 4.74 Å². The molecule has 158 valence electrons. The highest BCUT2D eigenvalue weighted by Gasteiger charge is 2.44. The molecule has 5 nitrogen and oxygen atoms in total. The molecule has 0 saturated carbocycles. The van der Waals surface area contributed by atoms with Crippen LogP contribution in [0.3, 0.4) is 0 Å². The van der Waals surface area contributed by atoms with E-state index in [0.717, 1.165) is 17.5 Å². The van der Waals surface area contributed by atoms with Gasteiger partial charge >= 0.3 is 12.1 Å². The van der Waals surface area contributed by atoms with E-state index in [9.17, 15) is 18.0 Å². The molecule has 1 aliphatic heterocycles. The molecule has 2 heterocycles. The van der Waals surface area contributed by atoms with Gasteiger partial charge in [0.15, 0.2) is 0 Å². The lowest BCUT2D eigenvalue weighted by molar-refractivity contribution is -0.159. The molecule has 1 N–H and O–H groups in total. The molecule has 0 atom stereocenters. The largest absolute Gasteiger partial charge is 0.466 e.